The predicted molar refractivity (Wildman–Crippen MR) is 66.9 cm³/mol. The van der Waals surface area contributed by atoms with Crippen molar-refractivity contribution in [1.82, 2.24) is 10.6 Å². The first kappa shape index (κ1) is 11.4. The van der Waals surface area contributed by atoms with Crippen LogP contribution in [0, 0.1) is 0 Å². The van der Waals surface area contributed by atoms with Crippen LogP contribution in [0.5, 0.6) is 0 Å². The van der Waals surface area contributed by atoms with Gasteiger partial charge in [0.05, 0.1) is 5.69 Å². The van der Waals surface area contributed by atoms with Gasteiger partial charge in [0.15, 0.2) is 5.66 Å². The number of hydrogen-bond acceptors (Lipinski definition) is 4. The minimum Gasteiger partial charge on any atom is -0.287 e. The number of carbonyl (C=O) groups is 2. The van der Waals surface area contributed by atoms with Crippen molar-refractivity contribution in [1.29, 1.82) is 0 Å². The molecule has 94 valence electrons. The molecule has 2 amide bonds. The number of nitrogens with one attached hydrogen (secondary N) is 2. The summed E-state index contributed by atoms with van der Waals surface area (Å²) in [6.45, 7) is 2.94. The third-order valence-electron chi connectivity index (χ3n) is 3.52. The van der Waals surface area contributed by atoms with Gasteiger partial charge in [-0.1, -0.05) is 18.2 Å². The van der Waals surface area contributed by atoms with Crippen LogP contribution < -0.4 is 15.5 Å². The van der Waals surface area contributed by atoms with E-state index in [1.165, 1.54) is 11.8 Å². The molecule has 3 rings (SSSR count). The Hall–Kier alpha value is -1.72. The SMILES string of the molecule is CC(=O)N1C(=O)C2(NCCCN2)c2ccccc21. The van der Waals surface area contributed by atoms with Crippen molar-refractivity contribution in [2.24, 2.45) is 0 Å². The number of benzene rings is 1. The number of para-hydroxylation sites is 1. The molecule has 18 heavy (non-hydrogen) atoms. The second-order valence-electron chi connectivity index (χ2n) is 4.63. The highest BCUT2D eigenvalue weighted by Crippen LogP contribution is 2.39. The summed E-state index contributed by atoms with van der Waals surface area (Å²) in [7, 11) is 0. The van der Waals surface area contributed by atoms with Crippen molar-refractivity contribution < 1.29 is 9.59 Å². The van der Waals surface area contributed by atoms with Crippen LogP contribution in [0.25, 0.3) is 0 Å². The molecule has 0 atom stereocenters. The molecule has 2 aliphatic heterocycles. The Balaban J connectivity index is 2.17. The first-order valence-electron chi connectivity index (χ1n) is 6.11. The molecule has 1 aromatic rings. The summed E-state index contributed by atoms with van der Waals surface area (Å²) in [5.74, 6) is -0.477. The zero-order valence-electron chi connectivity index (χ0n) is 10.2. The van der Waals surface area contributed by atoms with Crippen LogP contribution in [-0.4, -0.2) is 24.9 Å². The Kier molecular flexibility index (Phi) is 2.46. The van der Waals surface area contributed by atoms with Crippen molar-refractivity contribution in [3.63, 3.8) is 0 Å². The first-order chi connectivity index (χ1) is 8.67. The Bertz CT molecular complexity index is 521. The molecule has 1 aromatic carbocycles. The lowest BCUT2D eigenvalue weighted by atomic mass is 9.98. The minimum absolute atomic E-state index is 0.226. The van der Waals surface area contributed by atoms with E-state index in [-0.39, 0.29) is 11.8 Å². The van der Waals surface area contributed by atoms with Crippen LogP contribution in [0.4, 0.5) is 5.69 Å². The molecule has 0 unspecified atom stereocenters. The topological polar surface area (TPSA) is 61.4 Å². The summed E-state index contributed by atoms with van der Waals surface area (Å²) in [6.07, 6.45) is 0.970. The molecular weight excluding hydrogens is 230 g/mol. The van der Waals surface area contributed by atoms with Gasteiger partial charge in [-0.25, -0.2) is 4.90 Å². The molecule has 1 spiro atoms. The maximum Gasteiger partial charge on any atom is 0.273 e. The summed E-state index contributed by atoms with van der Waals surface area (Å²) < 4.78 is 0. The lowest BCUT2D eigenvalue weighted by Crippen LogP contribution is -2.63. The standard InChI is InChI=1S/C13H15N3O2/c1-9(17)16-11-6-3-2-5-10(11)13(12(16)18)14-7-4-8-15-13/h2-3,5-6,14-15H,4,7-8H2,1H3. The van der Waals surface area contributed by atoms with Gasteiger partial charge in [-0.2, -0.15) is 0 Å². The fraction of sp³-hybridized carbons (Fsp3) is 0.385. The van der Waals surface area contributed by atoms with E-state index in [4.69, 9.17) is 0 Å². The molecule has 0 radical (unpaired) electrons. The fourth-order valence-corrected chi connectivity index (χ4v) is 2.74. The average Bonchev–Trinajstić information content (AvgIpc) is 2.61. The predicted octanol–water partition coefficient (Wildman–Crippen LogP) is 0.315. The molecule has 5 heteroatoms. The third-order valence-corrected chi connectivity index (χ3v) is 3.52. The number of imide groups is 1. The lowest BCUT2D eigenvalue weighted by molar-refractivity contribution is -0.130. The summed E-state index contributed by atoms with van der Waals surface area (Å²) in [5, 5.41) is 6.46. The molecule has 2 heterocycles. The highest BCUT2D eigenvalue weighted by molar-refractivity contribution is 6.22. The number of rotatable bonds is 0. The number of anilines is 1. The van der Waals surface area contributed by atoms with Crippen LogP contribution in [0.2, 0.25) is 0 Å². The van der Waals surface area contributed by atoms with E-state index in [0.717, 1.165) is 25.1 Å². The largest absolute Gasteiger partial charge is 0.287 e. The number of fused-ring (bicyclic) bond motifs is 2. The molecule has 0 bridgehead atoms. The van der Waals surface area contributed by atoms with E-state index in [2.05, 4.69) is 10.6 Å². The van der Waals surface area contributed by atoms with E-state index >= 15 is 0 Å². The maximum absolute atomic E-state index is 12.6. The highest BCUT2D eigenvalue weighted by Gasteiger charge is 2.52. The summed E-state index contributed by atoms with van der Waals surface area (Å²) in [5.41, 5.74) is 0.599. The van der Waals surface area contributed by atoms with Gasteiger partial charge in [-0.3, -0.25) is 20.2 Å². The molecule has 2 aliphatic rings. The van der Waals surface area contributed by atoms with E-state index in [9.17, 15) is 9.59 Å². The molecular formula is C13H15N3O2. The van der Waals surface area contributed by atoms with Crippen LogP contribution in [-0.2, 0) is 15.3 Å². The van der Waals surface area contributed by atoms with Gasteiger partial charge in [0, 0.05) is 12.5 Å². The monoisotopic (exact) mass is 245 g/mol. The second kappa shape index (κ2) is 3.90. The van der Waals surface area contributed by atoms with Crippen LogP contribution in [0.1, 0.15) is 18.9 Å². The molecule has 1 saturated heterocycles. The number of nitrogens with zero attached hydrogens (tertiary/aromatic N) is 1. The van der Waals surface area contributed by atoms with Gasteiger partial charge >= 0.3 is 0 Å². The van der Waals surface area contributed by atoms with Crippen molar-refractivity contribution >= 4 is 17.5 Å². The zero-order chi connectivity index (χ0) is 12.8. The first-order valence-corrected chi connectivity index (χ1v) is 6.11. The van der Waals surface area contributed by atoms with Crippen molar-refractivity contribution in [2.75, 3.05) is 18.0 Å². The van der Waals surface area contributed by atoms with E-state index in [0.29, 0.717) is 5.69 Å². The lowest BCUT2D eigenvalue weighted by Gasteiger charge is -2.34. The molecule has 0 saturated carbocycles. The number of carbonyl (C=O) groups excluding carboxylic acids is 2. The van der Waals surface area contributed by atoms with Gasteiger partial charge < -0.3 is 0 Å². The smallest absolute Gasteiger partial charge is 0.273 e. The van der Waals surface area contributed by atoms with Crippen molar-refractivity contribution in [2.45, 2.75) is 19.0 Å². The van der Waals surface area contributed by atoms with Gasteiger partial charge in [-0.05, 0) is 25.6 Å². The van der Waals surface area contributed by atoms with E-state index < -0.39 is 5.66 Å². The summed E-state index contributed by atoms with van der Waals surface area (Å²) in [4.78, 5) is 25.5. The van der Waals surface area contributed by atoms with Crippen LogP contribution in [0.15, 0.2) is 24.3 Å². The zero-order valence-corrected chi connectivity index (χ0v) is 10.2. The Morgan fingerprint density at radius 3 is 2.61 bits per heavy atom. The van der Waals surface area contributed by atoms with E-state index in [1.807, 2.05) is 18.2 Å². The van der Waals surface area contributed by atoms with E-state index in [1.54, 1.807) is 6.07 Å². The van der Waals surface area contributed by atoms with Crippen molar-refractivity contribution in [3.05, 3.63) is 29.8 Å². The Morgan fingerprint density at radius 1 is 1.28 bits per heavy atom. The molecule has 2 N–H and O–H groups in total. The summed E-state index contributed by atoms with van der Waals surface area (Å²) >= 11 is 0. The third kappa shape index (κ3) is 1.34. The van der Waals surface area contributed by atoms with Gasteiger partial charge in [0.25, 0.3) is 5.91 Å². The molecule has 0 aromatic heterocycles. The number of amides is 2. The Labute approximate surface area is 105 Å². The summed E-state index contributed by atoms with van der Waals surface area (Å²) in [6, 6.07) is 7.42. The highest BCUT2D eigenvalue weighted by atomic mass is 16.2. The van der Waals surface area contributed by atoms with Crippen LogP contribution >= 0.6 is 0 Å². The molecule has 1 fully saturated rings. The Morgan fingerprint density at radius 2 is 1.94 bits per heavy atom. The molecule has 0 aliphatic carbocycles. The average molecular weight is 245 g/mol. The normalized spacial score (nSPS) is 21.2. The fourth-order valence-electron chi connectivity index (χ4n) is 2.74. The van der Waals surface area contributed by atoms with Gasteiger partial charge in [0.2, 0.25) is 5.91 Å². The number of hydrogen-bond donors (Lipinski definition) is 2. The van der Waals surface area contributed by atoms with Gasteiger partial charge in [0.1, 0.15) is 0 Å². The van der Waals surface area contributed by atoms with Gasteiger partial charge in [-0.15, -0.1) is 0 Å². The second-order valence-corrected chi connectivity index (χ2v) is 4.63. The van der Waals surface area contributed by atoms with Crippen molar-refractivity contribution in [3.8, 4) is 0 Å². The maximum atomic E-state index is 12.6. The molecule has 5 nitrogen and oxygen atoms in total. The minimum atomic E-state index is -0.916. The van der Waals surface area contributed by atoms with Crippen LogP contribution in [0.3, 0.4) is 0 Å². The quantitative estimate of drug-likeness (QED) is 0.691.